The fourth-order valence-corrected chi connectivity index (χ4v) is 3.04. The van der Waals surface area contributed by atoms with Crippen molar-refractivity contribution in [2.24, 2.45) is 5.10 Å². The highest BCUT2D eigenvalue weighted by Gasteiger charge is 2.07. The number of benzene rings is 2. The first-order valence-electron chi connectivity index (χ1n) is 7.08. The fraction of sp³-hybridized carbons (Fsp3) is 0.0588. The van der Waals surface area contributed by atoms with Crippen LogP contribution < -0.4 is 5.43 Å². The molecule has 0 aliphatic heterocycles. The zero-order chi connectivity index (χ0) is 17.1. The van der Waals surface area contributed by atoms with E-state index in [4.69, 9.17) is 34.8 Å². The topological polar surface area (TPSA) is 42.2 Å². The zero-order valence-electron chi connectivity index (χ0n) is 12.7. The molecular weight excluding hydrogens is 367 g/mol. The summed E-state index contributed by atoms with van der Waals surface area (Å²) < 4.78 is 1.93. The van der Waals surface area contributed by atoms with Crippen molar-refractivity contribution in [2.75, 3.05) is 5.43 Å². The number of aromatic nitrogens is 2. The second-order valence-corrected chi connectivity index (χ2v) is 6.32. The molecule has 0 amide bonds. The normalized spacial score (nSPS) is 11.6. The monoisotopic (exact) mass is 378 g/mol. The molecule has 0 saturated carbocycles. The van der Waals surface area contributed by atoms with Gasteiger partial charge in [-0.3, -0.25) is 5.43 Å². The van der Waals surface area contributed by atoms with Crippen LogP contribution in [0.1, 0.15) is 12.5 Å². The van der Waals surface area contributed by atoms with Gasteiger partial charge in [-0.05, 0) is 36.8 Å². The summed E-state index contributed by atoms with van der Waals surface area (Å²) in [5, 5.41) is 5.65. The molecule has 1 N–H and O–H groups in total. The molecule has 0 atom stereocenters. The van der Waals surface area contributed by atoms with Crippen LogP contribution in [0.4, 0.5) is 5.69 Å². The van der Waals surface area contributed by atoms with Gasteiger partial charge in [-0.2, -0.15) is 5.10 Å². The number of rotatable bonds is 4. The third-order valence-electron chi connectivity index (χ3n) is 3.43. The summed E-state index contributed by atoms with van der Waals surface area (Å²) in [4.78, 5) is 4.04. The Morgan fingerprint density at radius 1 is 1.08 bits per heavy atom. The van der Waals surface area contributed by atoms with E-state index in [1.54, 1.807) is 24.7 Å². The molecule has 0 radical (unpaired) electrons. The maximum atomic E-state index is 6.13. The Hall–Kier alpha value is -2.01. The zero-order valence-corrected chi connectivity index (χ0v) is 14.9. The summed E-state index contributed by atoms with van der Waals surface area (Å²) >= 11 is 18.2. The van der Waals surface area contributed by atoms with Gasteiger partial charge < -0.3 is 4.57 Å². The molecule has 2 aromatic carbocycles. The van der Waals surface area contributed by atoms with Crippen LogP contribution in [0.2, 0.25) is 15.1 Å². The number of hydrazone groups is 1. The SMILES string of the molecule is C/C(=N\Nc1c(Cl)cc(Cl)cc1Cl)c1ccc(-n2ccnc2)cc1. The van der Waals surface area contributed by atoms with Crippen molar-refractivity contribution in [1.29, 1.82) is 0 Å². The van der Waals surface area contributed by atoms with Gasteiger partial charge in [0, 0.05) is 23.1 Å². The van der Waals surface area contributed by atoms with E-state index in [0.29, 0.717) is 20.8 Å². The van der Waals surface area contributed by atoms with E-state index in [0.717, 1.165) is 17.0 Å². The predicted molar refractivity (Wildman–Crippen MR) is 101 cm³/mol. The third kappa shape index (κ3) is 3.73. The van der Waals surface area contributed by atoms with Crippen molar-refractivity contribution >= 4 is 46.2 Å². The molecule has 4 nitrogen and oxygen atoms in total. The molecule has 1 heterocycles. The van der Waals surface area contributed by atoms with Crippen LogP contribution in [0.3, 0.4) is 0 Å². The Kier molecular flexibility index (Phi) is 5.09. The van der Waals surface area contributed by atoms with E-state index in [9.17, 15) is 0 Å². The minimum Gasteiger partial charge on any atom is -0.306 e. The molecule has 24 heavy (non-hydrogen) atoms. The van der Waals surface area contributed by atoms with E-state index in [1.807, 2.05) is 42.0 Å². The summed E-state index contributed by atoms with van der Waals surface area (Å²) in [6, 6.07) is 11.2. The number of nitrogens with one attached hydrogen (secondary N) is 1. The van der Waals surface area contributed by atoms with Crippen molar-refractivity contribution in [3.8, 4) is 5.69 Å². The molecule has 3 aromatic rings. The Labute approximate surface area is 154 Å². The molecule has 0 saturated heterocycles. The number of hydrogen-bond donors (Lipinski definition) is 1. The summed E-state index contributed by atoms with van der Waals surface area (Å²) in [6.07, 6.45) is 5.38. The third-order valence-corrected chi connectivity index (χ3v) is 4.24. The van der Waals surface area contributed by atoms with Crippen molar-refractivity contribution in [2.45, 2.75) is 6.92 Å². The summed E-state index contributed by atoms with van der Waals surface area (Å²) in [5.74, 6) is 0. The summed E-state index contributed by atoms with van der Waals surface area (Å²) in [7, 11) is 0. The minimum atomic E-state index is 0.416. The first kappa shape index (κ1) is 16.8. The van der Waals surface area contributed by atoms with Crippen molar-refractivity contribution in [3.63, 3.8) is 0 Å². The van der Waals surface area contributed by atoms with E-state index in [2.05, 4.69) is 15.5 Å². The number of halogens is 3. The molecule has 0 aliphatic rings. The Morgan fingerprint density at radius 3 is 2.33 bits per heavy atom. The first-order valence-corrected chi connectivity index (χ1v) is 8.21. The van der Waals surface area contributed by atoms with E-state index >= 15 is 0 Å². The molecule has 3 rings (SSSR count). The van der Waals surface area contributed by atoms with Crippen LogP contribution in [0.5, 0.6) is 0 Å². The molecule has 0 unspecified atom stereocenters. The number of imidazole rings is 1. The summed E-state index contributed by atoms with van der Waals surface area (Å²) in [6.45, 7) is 1.90. The second kappa shape index (κ2) is 7.26. The Morgan fingerprint density at radius 2 is 1.75 bits per heavy atom. The average molecular weight is 380 g/mol. The predicted octanol–water partition coefficient (Wildman–Crippen LogP) is 5.67. The quantitative estimate of drug-likeness (QED) is 0.469. The van der Waals surface area contributed by atoms with Gasteiger partial charge in [0.2, 0.25) is 0 Å². The van der Waals surface area contributed by atoms with Gasteiger partial charge in [0.1, 0.15) is 0 Å². The van der Waals surface area contributed by atoms with Gasteiger partial charge in [0.15, 0.2) is 0 Å². The lowest BCUT2D eigenvalue weighted by Gasteiger charge is -2.09. The van der Waals surface area contributed by atoms with Crippen LogP contribution in [-0.4, -0.2) is 15.3 Å². The summed E-state index contributed by atoms with van der Waals surface area (Å²) in [5.41, 5.74) is 6.23. The van der Waals surface area contributed by atoms with Gasteiger partial charge in [-0.25, -0.2) is 4.98 Å². The largest absolute Gasteiger partial charge is 0.306 e. The van der Waals surface area contributed by atoms with Crippen molar-refractivity contribution in [1.82, 2.24) is 9.55 Å². The molecule has 0 fully saturated rings. The molecule has 0 bridgehead atoms. The molecule has 1 aromatic heterocycles. The molecule has 122 valence electrons. The molecule has 0 aliphatic carbocycles. The lowest BCUT2D eigenvalue weighted by atomic mass is 10.1. The van der Waals surface area contributed by atoms with Crippen LogP contribution in [0.15, 0.2) is 60.2 Å². The number of hydrogen-bond acceptors (Lipinski definition) is 3. The van der Waals surface area contributed by atoms with Crippen LogP contribution >= 0.6 is 34.8 Å². The van der Waals surface area contributed by atoms with Gasteiger partial charge in [0.05, 0.1) is 27.8 Å². The van der Waals surface area contributed by atoms with E-state index < -0.39 is 0 Å². The molecular formula is C17H13Cl3N4. The molecule has 0 spiro atoms. The van der Waals surface area contributed by atoms with Crippen molar-refractivity contribution in [3.05, 3.63) is 75.8 Å². The number of anilines is 1. The van der Waals surface area contributed by atoms with E-state index in [1.165, 1.54) is 0 Å². The average Bonchev–Trinajstić information content (AvgIpc) is 3.08. The van der Waals surface area contributed by atoms with Crippen LogP contribution in [0, 0.1) is 0 Å². The van der Waals surface area contributed by atoms with Gasteiger partial charge >= 0.3 is 0 Å². The highest BCUT2D eigenvalue weighted by atomic mass is 35.5. The Balaban J connectivity index is 1.79. The van der Waals surface area contributed by atoms with E-state index in [-0.39, 0.29) is 0 Å². The minimum absolute atomic E-state index is 0.416. The van der Waals surface area contributed by atoms with Gasteiger partial charge in [-0.1, -0.05) is 46.9 Å². The highest BCUT2D eigenvalue weighted by molar-refractivity contribution is 6.41. The fourth-order valence-electron chi connectivity index (χ4n) is 2.14. The lowest BCUT2D eigenvalue weighted by molar-refractivity contribution is 1.06. The highest BCUT2D eigenvalue weighted by Crippen LogP contribution is 2.33. The van der Waals surface area contributed by atoms with Crippen molar-refractivity contribution < 1.29 is 0 Å². The maximum Gasteiger partial charge on any atom is 0.0991 e. The first-order chi connectivity index (χ1) is 11.5. The van der Waals surface area contributed by atoms with Crippen LogP contribution in [-0.2, 0) is 0 Å². The lowest BCUT2D eigenvalue weighted by Crippen LogP contribution is -2.01. The smallest absolute Gasteiger partial charge is 0.0991 e. The number of nitrogens with zero attached hydrogens (tertiary/aromatic N) is 3. The van der Waals surface area contributed by atoms with Crippen LogP contribution in [0.25, 0.3) is 5.69 Å². The molecule has 7 heteroatoms. The maximum absolute atomic E-state index is 6.13. The second-order valence-electron chi connectivity index (χ2n) is 5.07. The standard InChI is InChI=1S/C17H13Cl3N4/c1-11(22-23-17-15(19)8-13(18)9-16(17)20)12-2-4-14(5-3-12)24-7-6-21-10-24/h2-10,23H,1H3/b22-11+. The Bertz CT molecular complexity index is 848. The van der Waals surface area contributed by atoms with Gasteiger partial charge in [0.25, 0.3) is 0 Å². The van der Waals surface area contributed by atoms with Gasteiger partial charge in [-0.15, -0.1) is 0 Å².